The van der Waals surface area contributed by atoms with Crippen LogP contribution in [0.2, 0.25) is 0 Å². The van der Waals surface area contributed by atoms with E-state index in [0.29, 0.717) is 0 Å². The van der Waals surface area contributed by atoms with Crippen LogP contribution < -0.4 is 0 Å². The molecule has 0 aliphatic carbocycles. The second-order valence-electron chi connectivity index (χ2n) is 10.9. The molecule has 6 aromatic carbocycles. The number of nitrogens with zero attached hydrogens (tertiary/aromatic N) is 3. The van der Waals surface area contributed by atoms with Gasteiger partial charge >= 0.3 is 0 Å². The summed E-state index contributed by atoms with van der Waals surface area (Å²) < 4.78 is 2.31. The molecule has 0 aliphatic heterocycles. The van der Waals surface area contributed by atoms with Crippen molar-refractivity contribution in [1.29, 1.82) is 0 Å². The zero-order chi connectivity index (χ0) is 28.8. The summed E-state index contributed by atoms with van der Waals surface area (Å²) >= 11 is 0. The van der Waals surface area contributed by atoms with Crippen LogP contribution in [-0.2, 0) is 6.42 Å². The van der Waals surface area contributed by atoms with Gasteiger partial charge in [-0.15, -0.1) is 0 Å². The SMILES string of the molecule is CCc1nc2ccccc2n1-c1cccc(-c2c3ccccc3c(-c3ccccc3-c3ccccn3)c3ccccc23)c1. The Kier molecular flexibility index (Phi) is 6.08. The van der Waals surface area contributed by atoms with E-state index in [9.17, 15) is 0 Å². The van der Waals surface area contributed by atoms with Gasteiger partial charge in [-0.2, -0.15) is 0 Å². The fraction of sp³-hybridized carbons (Fsp3) is 0.0500. The summed E-state index contributed by atoms with van der Waals surface area (Å²) in [5.41, 5.74) is 10.2. The number of rotatable bonds is 5. The summed E-state index contributed by atoms with van der Waals surface area (Å²) in [4.78, 5) is 9.67. The molecule has 0 fully saturated rings. The average molecular weight is 552 g/mol. The molecule has 0 radical (unpaired) electrons. The van der Waals surface area contributed by atoms with Crippen LogP contribution in [0.1, 0.15) is 12.7 Å². The molecule has 3 nitrogen and oxygen atoms in total. The first kappa shape index (κ1) is 25.2. The molecule has 0 saturated heterocycles. The van der Waals surface area contributed by atoms with E-state index in [2.05, 4.69) is 145 Å². The standard InChI is InChI=1S/C40H29N3/c1-2-38-42-36-23-9-10-24-37(36)43(38)28-15-13-14-27(26-28)39-31-18-5-7-20-33(31)40(34-21-8-6-19-32(34)39)30-17-4-3-16-29(30)35-22-11-12-25-41-35/h3-26H,2H2,1H3. The zero-order valence-electron chi connectivity index (χ0n) is 23.9. The van der Waals surface area contributed by atoms with Gasteiger partial charge in [0, 0.05) is 23.9 Å². The molecule has 0 spiro atoms. The predicted molar refractivity (Wildman–Crippen MR) is 180 cm³/mol. The first-order valence-electron chi connectivity index (χ1n) is 14.8. The topological polar surface area (TPSA) is 30.7 Å². The van der Waals surface area contributed by atoms with Gasteiger partial charge in [-0.3, -0.25) is 9.55 Å². The van der Waals surface area contributed by atoms with Crippen molar-refractivity contribution >= 4 is 32.6 Å². The van der Waals surface area contributed by atoms with Crippen molar-refractivity contribution in [3.8, 4) is 39.2 Å². The van der Waals surface area contributed by atoms with Gasteiger partial charge in [-0.1, -0.05) is 110 Å². The van der Waals surface area contributed by atoms with Gasteiger partial charge in [0.25, 0.3) is 0 Å². The lowest BCUT2D eigenvalue weighted by Crippen LogP contribution is -2.00. The minimum absolute atomic E-state index is 0.856. The zero-order valence-corrected chi connectivity index (χ0v) is 23.9. The molecular weight excluding hydrogens is 522 g/mol. The van der Waals surface area contributed by atoms with Crippen LogP contribution in [0.15, 0.2) is 146 Å². The van der Waals surface area contributed by atoms with E-state index in [1.54, 1.807) is 0 Å². The first-order chi connectivity index (χ1) is 21.3. The molecular formula is C40H29N3. The number of imidazole rings is 1. The van der Waals surface area contributed by atoms with Crippen LogP contribution in [0.25, 0.3) is 71.8 Å². The van der Waals surface area contributed by atoms with E-state index in [0.717, 1.165) is 40.2 Å². The van der Waals surface area contributed by atoms with Crippen LogP contribution in [0, 0.1) is 0 Å². The molecule has 8 rings (SSSR count). The highest BCUT2D eigenvalue weighted by molar-refractivity contribution is 6.22. The summed E-state index contributed by atoms with van der Waals surface area (Å²) in [6, 6.07) is 49.7. The highest BCUT2D eigenvalue weighted by Crippen LogP contribution is 2.46. The van der Waals surface area contributed by atoms with Gasteiger partial charge in [0.15, 0.2) is 0 Å². The monoisotopic (exact) mass is 551 g/mol. The van der Waals surface area contributed by atoms with Crippen molar-refractivity contribution < 1.29 is 0 Å². The molecule has 0 aliphatic rings. The summed E-state index contributed by atoms with van der Waals surface area (Å²) in [6.07, 6.45) is 2.72. The number of hydrogen-bond acceptors (Lipinski definition) is 2. The van der Waals surface area contributed by atoms with Crippen molar-refractivity contribution in [2.24, 2.45) is 0 Å². The second-order valence-corrected chi connectivity index (χ2v) is 10.9. The smallest absolute Gasteiger partial charge is 0.114 e. The van der Waals surface area contributed by atoms with Gasteiger partial charge in [0.1, 0.15) is 5.82 Å². The predicted octanol–water partition coefficient (Wildman–Crippen LogP) is 10.3. The molecule has 0 amide bonds. The van der Waals surface area contributed by atoms with Crippen molar-refractivity contribution in [2.45, 2.75) is 13.3 Å². The van der Waals surface area contributed by atoms with E-state index in [4.69, 9.17) is 9.97 Å². The lowest BCUT2D eigenvalue weighted by molar-refractivity contribution is 0.908. The van der Waals surface area contributed by atoms with Gasteiger partial charge in [0.05, 0.1) is 16.7 Å². The molecule has 0 saturated carbocycles. The number of hydrogen-bond donors (Lipinski definition) is 0. The Balaban J connectivity index is 1.43. The molecule has 2 aromatic heterocycles. The van der Waals surface area contributed by atoms with Crippen molar-refractivity contribution in [1.82, 2.24) is 14.5 Å². The molecule has 204 valence electrons. The Bertz CT molecular complexity index is 2220. The fourth-order valence-electron chi connectivity index (χ4n) is 6.58. The van der Waals surface area contributed by atoms with Crippen LogP contribution in [-0.4, -0.2) is 14.5 Å². The highest BCUT2D eigenvalue weighted by Gasteiger charge is 2.19. The van der Waals surface area contributed by atoms with Crippen molar-refractivity contribution in [3.63, 3.8) is 0 Å². The summed E-state index contributed by atoms with van der Waals surface area (Å²) in [7, 11) is 0. The van der Waals surface area contributed by atoms with E-state index in [-0.39, 0.29) is 0 Å². The quantitative estimate of drug-likeness (QED) is 0.199. The maximum Gasteiger partial charge on any atom is 0.114 e. The van der Waals surface area contributed by atoms with E-state index in [1.807, 2.05) is 12.3 Å². The van der Waals surface area contributed by atoms with Gasteiger partial charge in [0.2, 0.25) is 0 Å². The minimum atomic E-state index is 0.856. The van der Waals surface area contributed by atoms with Gasteiger partial charge in [-0.25, -0.2) is 4.98 Å². The molecule has 43 heavy (non-hydrogen) atoms. The number of benzene rings is 6. The van der Waals surface area contributed by atoms with Crippen molar-refractivity contribution in [3.05, 3.63) is 152 Å². The lowest BCUT2D eigenvalue weighted by atomic mass is 9.84. The average Bonchev–Trinajstić information content (AvgIpc) is 3.46. The third-order valence-electron chi connectivity index (χ3n) is 8.41. The molecule has 2 heterocycles. The van der Waals surface area contributed by atoms with Crippen LogP contribution in [0.4, 0.5) is 0 Å². The minimum Gasteiger partial charge on any atom is -0.296 e. The number of para-hydroxylation sites is 2. The normalized spacial score (nSPS) is 11.5. The summed E-state index contributed by atoms with van der Waals surface area (Å²) in [6.45, 7) is 2.17. The molecule has 0 N–H and O–H groups in total. The lowest BCUT2D eigenvalue weighted by Gasteiger charge is -2.20. The Hall–Kier alpha value is -5.54. The number of aromatic nitrogens is 3. The molecule has 0 atom stereocenters. The number of aryl methyl sites for hydroxylation is 1. The third-order valence-corrected chi connectivity index (χ3v) is 8.41. The van der Waals surface area contributed by atoms with E-state index < -0.39 is 0 Å². The first-order valence-corrected chi connectivity index (χ1v) is 14.8. The summed E-state index contributed by atoms with van der Waals surface area (Å²) in [5.74, 6) is 1.06. The molecule has 8 aromatic rings. The molecule has 0 unspecified atom stereocenters. The second kappa shape index (κ2) is 10.4. The molecule has 3 heteroatoms. The van der Waals surface area contributed by atoms with Crippen LogP contribution >= 0.6 is 0 Å². The Morgan fingerprint density at radius 1 is 0.558 bits per heavy atom. The number of fused-ring (bicyclic) bond motifs is 3. The number of pyridine rings is 1. The Morgan fingerprint density at radius 3 is 1.88 bits per heavy atom. The highest BCUT2D eigenvalue weighted by atomic mass is 15.1. The maximum absolute atomic E-state index is 4.95. The van der Waals surface area contributed by atoms with Crippen LogP contribution in [0.3, 0.4) is 0 Å². The van der Waals surface area contributed by atoms with Gasteiger partial charge < -0.3 is 0 Å². The van der Waals surface area contributed by atoms with E-state index >= 15 is 0 Å². The fourth-order valence-corrected chi connectivity index (χ4v) is 6.58. The third kappa shape index (κ3) is 4.12. The van der Waals surface area contributed by atoms with Gasteiger partial charge in [-0.05, 0) is 80.2 Å². The maximum atomic E-state index is 4.95. The van der Waals surface area contributed by atoms with Crippen molar-refractivity contribution in [2.75, 3.05) is 0 Å². The summed E-state index contributed by atoms with van der Waals surface area (Å²) in [5, 5.41) is 4.92. The Labute approximate surface area is 250 Å². The van der Waals surface area contributed by atoms with E-state index in [1.165, 1.54) is 43.8 Å². The van der Waals surface area contributed by atoms with Crippen LogP contribution in [0.5, 0.6) is 0 Å². The molecule has 0 bridgehead atoms. The largest absolute Gasteiger partial charge is 0.296 e. The Morgan fingerprint density at radius 2 is 1.19 bits per heavy atom.